The van der Waals surface area contributed by atoms with Crippen LogP contribution in [0.25, 0.3) is 0 Å². The number of hydrogen-bond acceptors (Lipinski definition) is 8. The fourth-order valence-corrected chi connectivity index (χ4v) is 2.67. The van der Waals surface area contributed by atoms with E-state index in [2.05, 4.69) is 5.32 Å². The number of ketones is 1. The van der Waals surface area contributed by atoms with Crippen LogP contribution in [0.1, 0.15) is 34.1 Å². The van der Waals surface area contributed by atoms with E-state index in [0.717, 1.165) is 6.07 Å². The number of hydrogen-bond donors (Lipinski definition) is 1. The Morgan fingerprint density at radius 1 is 1.10 bits per heavy atom. The van der Waals surface area contributed by atoms with Crippen LogP contribution in [0.3, 0.4) is 0 Å². The number of anilines is 1. The van der Waals surface area contributed by atoms with E-state index in [9.17, 15) is 24.5 Å². The monoisotopic (exact) mass is 414 g/mol. The van der Waals surface area contributed by atoms with E-state index in [4.69, 9.17) is 14.2 Å². The van der Waals surface area contributed by atoms with Gasteiger partial charge in [0.05, 0.1) is 11.0 Å². The van der Waals surface area contributed by atoms with E-state index >= 15 is 0 Å². The van der Waals surface area contributed by atoms with Crippen molar-refractivity contribution in [1.29, 1.82) is 0 Å². The topological polar surface area (TPSA) is 134 Å². The molecule has 1 aliphatic rings. The molecule has 3 rings (SSSR count). The van der Waals surface area contributed by atoms with Crippen molar-refractivity contribution in [2.45, 2.75) is 13.3 Å². The number of amides is 1. The van der Waals surface area contributed by atoms with Crippen molar-refractivity contribution in [3.63, 3.8) is 0 Å². The van der Waals surface area contributed by atoms with Crippen molar-refractivity contribution < 1.29 is 33.5 Å². The zero-order valence-electron chi connectivity index (χ0n) is 16.0. The lowest BCUT2D eigenvalue weighted by atomic mass is 10.1. The second-order valence-electron chi connectivity index (χ2n) is 6.25. The van der Waals surface area contributed by atoms with E-state index in [1.54, 1.807) is 19.1 Å². The molecule has 1 heterocycles. The molecule has 0 radical (unpaired) electrons. The van der Waals surface area contributed by atoms with Crippen LogP contribution in [0, 0.1) is 10.1 Å². The van der Waals surface area contributed by atoms with Crippen LogP contribution in [0.5, 0.6) is 11.5 Å². The molecule has 2 aromatic carbocycles. The number of nitro groups is 1. The van der Waals surface area contributed by atoms with Crippen molar-refractivity contribution in [3.8, 4) is 11.5 Å². The van der Waals surface area contributed by atoms with Crippen molar-refractivity contribution in [3.05, 3.63) is 57.6 Å². The quantitative estimate of drug-likeness (QED) is 0.316. The van der Waals surface area contributed by atoms with Gasteiger partial charge in [0, 0.05) is 23.7 Å². The Kier molecular flexibility index (Phi) is 6.26. The van der Waals surface area contributed by atoms with Gasteiger partial charge in [0.2, 0.25) is 5.91 Å². The second-order valence-corrected chi connectivity index (χ2v) is 6.25. The number of ether oxygens (including phenoxy) is 3. The maximum atomic E-state index is 12.4. The molecule has 10 heteroatoms. The van der Waals surface area contributed by atoms with Gasteiger partial charge >= 0.3 is 5.97 Å². The van der Waals surface area contributed by atoms with Crippen LogP contribution in [-0.4, -0.2) is 42.4 Å². The van der Waals surface area contributed by atoms with Crippen molar-refractivity contribution in [2.24, 2.45) is 0 Å². The van der Waals surface area contributed by atoms with E-state index < -0.39 is 29.0 Å². The summed E-state index contributed by atoms with van der Waals surface area (Å²) < 4.78 is 15.6. The molecule has 30 heavy (non-hydrogen) atoms. The Bertz CT molecular complexity index is 1000. The first kappa shape index (κ1) is 20.8. The molecule has 0 spiro atoms. The van der Waals surface area contributed by atoms with Gasteiger partial charge in [0.1, 0.15) is 18.8 Å². The number of rotatable bonds is 7. The van der Waals surface area contributed by atoms with Gasteiger partial charge in [-0.05, 0) is 24.3 Å². The summed E-state index contributed by atoms with van der Waals surface area (Å²) in [5.41, 5.74) is -0.0568. The summed E-state index contributed by atoms with van der Waals surface area (Å²) in [4.78, 5) is 46.6. The molecule has 1 N–H and O–H groups in total. The molecule has 0 atom stereocenters. The van der Waals surface area contributed by atoms with Crippen molar-refractivity contribution in [2.75, 3.05) is 25.1 Å². The summed E-state index contributed by atoms with van der Waals surface area (Å²) in [7, 11) is 0. The highest BCUT2D eigenvalue weighted by molar-refractivity contribution is 6.01. The zero-order chi connectivity index (χ0) is 21.7. The number of Topliss-reactive ketones (excluding diaryl/α,β-unsaturated/α-hetero) is 1. The minimum atomic E-state index is -1.03. The number of fused-ring (bicyclic) bond motifs is 1. The van der Waals surface area contributed by atoms with E-state index in [1.807, 2.05) is 0 Å². The SMILES string of the molecule is CCC(=O)Nc1ccc(C(=O)COC(=O)c2cc3c(cc2[N+](=O)[O-])OCCO3)cc1. The van der Waals surface area contributed by atoms with Crippen LogP contribution in [0.15, 0.2) is 36.4 Å². The fraction of sp³-hybridized carbons (Fsp3) is 0.250. The predicted molar refractivity (Wildman–Crippen MR) is 104 cm³/mol. The smallest absolute Gasteiger partial charge is 0.345 e. The summed E-state index contributed by atoms with van der Waals surface area (Å²) in [6.07, 6.45) is 0.322. The average molecular weight is 414 g/mol. The van der Waals surface area contributed by atoms with Crippen LogP contribution < -0.4 is 14.8 Å². The average Bonchev–Trinajstić information content (AvgIpc) is 2.76. The predicted octanol–water partition coefficient (Wildman–Crippen LogP) is 2.75. The van der Waals surface area contributed by atoms with Gasteiger partial charge in [-0.25, -0.2) is 4.79 Å². The largest absolute Gasteiger partial charge is 0.486 e. The Morgan fingerprint density at radius 2 is 1.73 bits per heavy atom. The highest BCUT2D eigenvalue weighted by Gasteiger charge is 2.27. The highest BCUT2D eigenvalue weighted by atomic mass is 16.6. The highest BCUT2D eigenvalue weighted by Crippen LogP contribution is 2.36. The molecule has 0 saturated carbocycles. The van der Waals surface area contributed by atoms with Crippen LogP contribution in [0.4, 0.5) is 11.4 Å². The van der Waals surface area contributed by atoms with Gasteiger partial charge in [-0.15, -0.1) is 0 Å². The Balaban J connectivity index is 1.68. The number of nitrogens with zero attached hydrogens (tertiary/aromatic N) is 1. The lowest BCUT2D eigenvalue weighted by molar-refractivity contribution is -0.385. The minimum Gasteiger partial charge on any atom is -0.486 e. The van der Waals surface area contributed by atoms with Crippen LogP contribution >= 0.6 is 0 Å². The molecular formula is C20H18N2O8. The summed E-state index contributed by atoms with van der Waals surface area (Å²) in [6, 6.07) is 8.32. The van der Waals surface area contributed by atoms with Crippen molar-refractivity contribution in [1.82, 2.24) is 0 Å². The molecule has 0 aromatic heterocycles. The first-order valence-electron chi connectivity index (χ1n) is 9.07. The summed E-state index contributed by atoms with van der Waals surface area (Å²) >= 11 is 0. The molecule has 1 aliphatic heterocycles. The number of esters is 1. The van der Waals surface area contributed by atoms with Gasteiger partial charge in [0.15, 0.2) is 23.9 Å². The fourth-order valence-electron chi connectivity index (χ4n) is 2.67. The first-order valence-corrected chi connectivity index (χ1v) is 9.07. The number of benzene rings is 2. The second kappa shape index (κ2) is 9.03. The summed E-state index contributed by atoms with van der Waals surface area (Å²) in [6.45, 7) is 1.59. The first-order chi connectivity index (χ1) is 14.4. The van der Waals surface area contributed by atoms with Gasteiger partial charge < -0.3 is 19.5 Å². The van der Waals surface area contributed by atoms with Gasteiger partial charge in [-0.1, -0.05) is 6.92 Å². The standard InChI is InChI=1S/C20H18N2O8/c1-2-19(24)21-13-5-3-12(4-6-13)16(23)11-30-20(25)14-9-17-18(29-8-7-28-17)10-15(14)22(26)27/h3-6,9-10H,2,7-8,11H2,1H3,(H,21,24). The molecule has 1 amide bonds. The number of carbonyl (C=O) groups is 3. The van der Waals surface area contributed by atoms with Gasteiger partial charge in [-0.3, -0.25) is 19.7 Å². The van der Waals surface area contributed by atoms with Crippen LogP contribution in [-0.2, 0) is 9.53 Å². The van der Waals surface area contributed by atoms with Gasteiger partial charge in [0.25, 0.3) is 5.69 Å². The maximum Gasteiger partial charge on any atom is 0.345 e. The third kappa shape index (κ3) is 4.72. The molecule has 0 unspecified atom stereocenters. The van der Waals surface area contributed by atoms with Gasteiger partial charge in [-0.2, -0.15) is 0 Å². The van der Waals surface area contributed by atoms with E-state index in [-0.39, 0.29) is 41.7 Å². The summed E-state index contributed by atoms with van der Waals surface area (Å²) in [5.74, 6) is -1.34. The molecule has 0 aliphatic carbocycles. The Morgan fingerprint density at radius 3 is 2.33 bits per heavy atom. The molecule has 0 fully saturated rings. The lowest BCUT2D eigenvalue weighted by Gasteiger charge is -2.18. The number of nitrogens with one attached hydrogen (secondary N) is 1. The van der Waals surface area contributed by atoms with Crippen molar-refractivity contribution >= 4 is 29.0 Å². The van der Waals surface area contributed by atoms with E-state index in [0.29, 0.717) is 12.1 Å². The zero-order valence-corrected chi connectivity index (χ0v) is 16.0. The number of nitro benzene ring substituents is 1. The normalized spacial score (nSPS) is 12.0. The molecule has 0 bridgehead atoms. The molecule has 2 aromatic rings. The number of carbonyl (C=O) groups excluding carboxylic acids is 3. The Hall–Kier alpha value is -3.95. The molecule has 0 saturated heterocycles. The molecule has 156 valence electrons. The maximum absolute atomic E-state index is 12.4. The molecular weight excluding hydrogens is 396 g/mol. The Labute approximate surface area is 170 Å². The third-order valence-electron chi connectivity index (χ3n) is 4.22. The third-order valence-corrected chi connectivity index (χ3v) is 4.22. The summed E-state index contributed by atoms with van der Waals surface area (Å²) in [5, 5.41) is 14.0. The van der Waals surface area contributed by atoms with E-state index in [1.165, 1.54) is 18.2 Å². The van der Waals surface area contributed by atoms with Crippen LogP contribution in [0.2, 0.25) is 0 Å². The lowest BCUT2D eigenvalue weighted by Crippen LogP contribution is -2.18. The molecule has 10 nitrogen and oxygen atoms in total. The minimum absolute atomic E-state index is 0.163.